The van der Waals surface area contributed by atoms with Crippen molar-refractivity contribution >= 4 is 20.8 Å². The number of fused-ring (bicyclic) bond motifs is 5. The van der Waals surface area contributed by atoms with Gasteiger partial charge < -0.3 is 5.11 Å². The zero-order chi connectivity index (χ0) is 25.8. The van der Waals surface area contributed by atoms with Crippen molar-refractivity contribution in [2.75, 3.05) is 6.61 Å². The van der Waals surface area contributed by atoms with E-state index < -0.39 is 33.0 Å². The van der Waals surface area contributed by atoms with Gasteiger partial charge in [-0.15, -0.1) is 0 Å². The molecule has 0 unspecified atom stereocenters. The van der Waals surface area contributed by atoms with Crippen LogP contribution in [-0.4, -0.2) is 49.9 Å². The van der Waals surface area contributed by atoms with E-state index in [4.69, 9.17) is 8.37 Å². The van der Waals surface area contributed by atoms with Crippen molar-refractivity contribution in [2.24, 2.45) is 46.3 Å². The number of aliphatic hydroxyl groups is 1. The van der Waals surface area contributed by atoms with Crippen LogP contribution in [0.25, 0.3) is 0 Å². The first-order valence-corrected chi connectivity index (χ1v) is 15.8. The second kappa shape index (κ2) is 9.78. The fraction of sp³-hybridized carbons (Fsp3) is 1.00. The Morgan fingerprint density at radius 1 is 0.886 bits per heavy atom. The molecule has 0 amide bonds. The van der Waals surface area contributed by atoms with Gasteiger partial charge in [-0.1, -0.05) is 20.8 Å². The fourth-order valence-electron chi connectivity index (χ4n) is 9.34. The third kappa shape index (κ3) is 5.47. The van der Waals surface area contributed by atoms with E-state index in [1.165, 1.54) is 12.8 Å². The molecule has 0 aromatic carbocycles. The monoisotopic (exact) mass is 538 g/mol. The average Bonchev–Trinajstić information content (AvgIpc) is 3.08. The first kappa shape index (κ1) is 27.7. The van der Waals surface area contributed by atoms with Crippen LogP contribution in [0.2, 0.25) is 0 Å². The molecular weight excluding hydrogens is 496 g/mol. The van der Waals surface area contributed by atoms with E-state index in [-0.39, 0.29) is 36.2 Å². The number of rotatable bonds is 8. The van der Waals surface area contributed by atoms with Gasteiger partial charge in [-0.3, -0.25) is 9.11 Å². The number of aliphatic hydroxyl groups excluding tert-OH is 1. The van der Waals surface area contributed by atoms with E-state index in [0.717, 1.165) is 38.5 Å². The molecule has 4 saturated carbocycles. The molecule has 4 rings (SSSR count). The quantitative estimate of drug-likeness (QED) is 0.389. The van der Waals surface area contributed by atoms with Crippen molar-refractivity contribution < 1.29 is 39.4 Å². The van der Waals surface area contributed by atoms with Crippen LogP contribution in [0.15, 0.2) is 0 Å². The van der Waals surface area contributed by atoms with Crippen LogP contribution < -0.4 is 0 Å². The highest BCUT2D eigenvalue weighted by Crippen LogP contribution is 2.68. The van der Waals surface area contributed by atoms with Crippen molar-refractivity contribution in [3.8, 4) is 0 Å². The predicted molar refractivity (Wildman–Crippen MR) is 129 cm³/mol. The van der Waals surface area contributed by atoms with Gasteiger partial charge in [0.15, 0.2) is 0 Å². The van der Waals surface area contributed by atoms with E-state index in [9.17, 15) is 31.0 Å². The Morgan fingerprint density at radius 2 is 1.51 bits per heavy atom. The second-order valence-corrected chi connectivity index (χ2v) is 14.4. The summed E-state index contributed by atoms with van der Waals surface area (Å²) >= 11 is 0. The molecule has 3 N–H and O–H groups in total. The van der Waals surface area contributed by atoms with Crippen LogP contribution in [0.5, 0.6) is 0 Å². The zero-order valence-electron chi connectivity index (χ0n) is 21.0. The molecule has 0 spiro atoms. The highest BCUT2D eigenvalue weighted by molar-refractivity contribution is 7.81. The maximum Gasteiger partial charge on any atom is 0.397 e. The van der Waals surface area contributed by atoms with Gasteiger partial charge in [-0.2, -0.15) is 16.8 Å². The minimum atomic E-state index is -4.83. The van der Waals surface area contributed by atoms with Gasteiger partial charge in [0.2, 0.25) is 0 Å². The first-order valence-electron chi connectivity index (χ1n) is 13.1. The molecule has 0 aromatic heterocycles. The van der Waals surface area contributed by atoms with Crippen LogP contribution in [0, 0.1) is 46.3 Å². The number of hydrogen-bond acceptors (Lipinski definition) is 7. The van der Waals surface area contributed by atoms with Gasteiger partial charge in [-0.05, 0) is 111 Å². The first-order chi connectivity index (χ1) is 16.2. The smallest absolute Gasteiger partial charge is 0.396 e. The summed E-state index contributed by atoms with van der Waals surface area (Å²) in [5.74, 6) is 2.77. The highest BCUT2D eigenvalue weighted by atomic mass is 32.3. The van der Waals surface area contributed by atoms with Crippen molar-refractivity contribution in [3.63, 3.8) is 0 Å². The van der Waals surface area contributed by atoms with Gasteiger partial charge in [0.25, 0.3) is 0 Å². The SMILES string of the molecule is C[C@H](CCCO)[C@H]1CC[C@H]2[C@@H]3CC[C@H]4C[C@H](OS(=O)(=O)O)[C@@H](OS(=O)(=O)O)C[C@]4(C)[C@H]3CC[C@]12C. The van der Waals surface area contributed by atoms with Crippen LogP contribution in [0.4, 0.5) is 0 Å². The van der Waals surface area contributed by atoms with Gasteiger partial charge >= 0.3 is 20.8 Å². The molecule has 4 fully saturated rings. The van der Waals surface area contributed by atoms with E-state index in [2.05, 4.69) is 20.8 Å². The minimum Gasteiger partial charge on any atom is -0.396 e. The molecule has 204 valence electrons. The Morgan fingerprint density at radius 3 is 2.14 bits per heavy atom. The van der Waals surface area contributed by atoms with E-state index in [1.54, 1.807) is 0 Å². The summed E-state index contributed by atoms with van der Waals surface area (Å²) in [6, 6.07) is 0. The molecule has 11 heteroatoms. The summed E-state index contributed by atoms with van der Waals surface area (Å²) in [4.78, 5) is 0. The van der Waals surface area contributed by atoms with Crippen molar-refractivity contribution in [1.29, 1.82) is 0 Å². The lowest BCUT2D eigenvalue weighted by Gasteiger charge is -2.62. The predicted octanol–water partition coefficient (Wildman–Crippen LogP) is 4.04. The molecule has 0 aromatic rings. The lowest BCUT2D eigenvalue weighted by Crippen LogP contribution is -2.57. The van der Waals surface area contributed by atoms with Crippen LogP contribution in [0.1, 0.15) is 85.0 Å². The molecule has 10 atom stereocenters. The standard InChI is InChI=1S/C24H42O9S2/c1-15(5-4-12-25)18-8-9-19-17-7-6-16-13-21(32-34(26,27)28)22(33-35(29,30)31)14-24(16,3)20(17)10-11-23(18,19)2/h15-22,25H,4-14H2,1-3H3,(H,26,27,28)(H,29,30,31)/t15-,16+,17+,18-,19+,20+,21+,22+,23-,24+/m1/s1. The zero-order valence-corrected chi connectivity index (χ0v) is 22.6. The average molecular weight is 539 g/mol. The molecule has 4 aliphatic carbocycles. The largest absolute Gasteiger partial charge is 0.397 e. The van der Waals surface area contributed by atoms with E-state index >= 15 is 0 Å². The Labute approximate surface area is 210 Å². The summed E-state index contributed by atoms with van der Waals surface area (Å²) in [6.07, 6.45) is 6.48. The second-order valence-electron chi connectivity index (χ2n) is 12.3. The lowest BCUT2D eigenvalue weighted by atomic mass is 9.44. The van der Waals surface area contributed by atoms with Gasteiger partial charge in [0.05, 0.1) is 0 Å². The summed E-state index contributed by atoms with van der Waals surface area (Å²) in [5, 5.41) is 9.30. The highest BCUT2D eigenvalue weighted by Gasteiger charge is 2.62. The Kier molecular flexibility index (Phi) is 7.75. The summed E-state index contributed by atoms with van der Waals surface area (Å²) < 4.78 is 74.4. The topological polar surface area (TPSA) is 147 Å². The lowest BCUT2D eigenvalue weighted by molar-refractivity contribution is -0.152. The summed E-state index contributed by atoms with van der Waals surface area (Å²) in [5.41, 5.74) is -0.0197. The maximum atomic E-state index is 11.6. The fourth-order valence-corrected chi connectivity index (χ4v) is 10.4. The molecule has 0 aliphatic heterocycles. The van der Waals surface area contributed by atoms with Crippen molar-refractivity contribution in [2.45, 2.75) is 97.2 Å². The third-order valence-electron chi connectivity index (χ3n) is 10.7. The molecule has 35 heavy (non-hydrogen) atoms. The summed E-state index contributed by atoms with van der Waals surface area (Å²) in [6.45, 7) is 7.18. The van der Waals surface area contributed by atoms with Crippen molar-refractivity contribution in [3.05, 3.63) is 0 Å². The molecular formula is C24H42O9S2. The van der Waals surface area contributed by atoms with Crippen molar-refractivity contribution in [1.82, 2.24) is 0 Å². The minimum absolute atomic E-state index is 0.113. The van der Waals surface area contributed by atoms with Crippen LogP contribution in [-0.2, 0) is 29.2 Å². The van der Waals surface area contributed by atoms with Crippen LogP contribution in [0.3, 0.4) is 0 Å². The Bertz CT molecular complexity index is 983. The van der Waals surface area contributed by atoms with E-state index in [0.29, 0.717) is 29.6 Å². The molecule has 0 radical (unpaired) electrons. The third-order valence-corrected chi connectivity index (χ3v) is 11.7. The van der Waals surface area contributed by atoms with Gasteiger partial charge in [0.1, 0.15) is 12.2 Å². The summed E-state index contributed by atoms with van der Waals surface area (Å²) in [7, 11) is -9.64. The Hall–Kier alpha value is -0.300. The molecule has 4 aliphatic rings. The van der Waals surface area contributed by atoms with Crippen LogP contribution >= 0.6 is 0 Å². The maximum absolute atomic E-state index is 11.6. The normalized spacial score (nSPS) is 44.8. The van der Waals surface area contributed by atoms with Gasteiger partial charge in [-0.25, -0.2) is 8.37 Å². The Balaban J connectivity index is 1.57. The van der Waals surface area contributed by atoms with Gasteiger partial charge in [0, 0.05) is 6.61 Å². The number of hydrogen-bond donors (Lipinski definition) is 3. The molecule has 0 saturated heterocycles. The molecule has 9 nitrogen and oxygen atoms in total. The van der Waals surface area contributed by atoms with E-state index in [1.807, 2.05) is 0 Å². The molecule has 0 heterocycles. The molecule has 0 bridgehead atoms.